The summed E-state index contributed by atoms with van der Waals surface area (Å²) in [5.41, 5.74) is 0.329. The van der Waals surface area contributed by atoms with E-state index in [0.717, 1.165) is 12.2 Å². The lowest BCUT2D eigenvalue weighted by Crippen LogP contribution is -2.12. The number of carbonyl (C=O) groups is 3. The van der Waals surface area contributed by atoms with Crippen molar-refractivity contribution in [1.82, 2.24) is 0 Å². The van der Waals surface area contributed by atoms with Crippen molar-refractivity contribution in [2.24, 2.45) is 0 Å². The summed E-state index contributed by atoms with van der Waals surface area (Å²) in [7, 11) is 0. The van der Waals surface area contributed by atoms with Gasteiger partial charge in [-0.05, 0) is 12.1 Å². The van der Waals surface area contributed by atoms with Crippen molar-refractivity contribution < 1.29 is 33.3 Å². The van der Waals surface area contributed by atoms with Crippen molar-refractivity contribution in [3.8, 4) is 11.5 Å². The van der Waals surface area contributed by atoms with Crippen LogP contribution in [0.1, 0.15) is 10.4 Å². The fraction of sp³-hybridized carbons (Fsp3) is 0.235. The second kappa shape index (κ2) is 10.6. The van der Waals surface area contributed by atoms with E-state index in [1.165, 1.54) is 12.1 Å². The van der Waals surface area contributed by atoms with Crippen molar-refractivity contribution in [1.29, 1.82) is 0 Å². The number of ether oxygens (including phenoxy) is 4. The molecule has 128 valence electrons. The van der Waals surface area contributed by atoms with E-state index in [1.54, 1.807) is 6.07 Å². The van der Waals surface area contributed by atoms with E-state index < -0.39 is 11.9 Å². The molecule has 0 aliphatic carbocycles. The molecule has 0 amide bonds. The van der Waals surface area contributed by atoms with E-state index in [9.17, 15) is 14.4 Å². The number of carbonyl (C=O) groups excluding carboxylic acids is 3. The molecule has 24 heavy (non-hydrogen) atoms. The fourth-order valence-electron chi connectivity index (χ4n) is 1.54. The van der Waals surface area contributed by atoms with Crippen LogP contribution in [0.4, 0.5) is 0 Å². The zero-order valence-corrected chi connectivity index (χ0v) is 13.1. The Morgan fingerprint density at radius 3 is 2.04 bits per heavy atom. The van der Waals surface area contributed by atoms with Crippen LogP contribution in [0.15, 0.2) is 43.5 Å². The number of esters is 2. The standard InChI is InChI=1S/C17H18O7/c1-3-16(19)23-9-7-21-14-6-5-13(12-18)15(11-14)22-8-10-24-17(20)4-2/h3-6,11-12H,1-2,7-10H2. The molecule has 0 aromatic heterocycles. The van der Waals surface area contributed by atoms with Gasteiger partial charge in [0.1, 0.15) is 37.9 Å². The topological polar surface area (TPSA) is 88.1 Å². The third-order valence-electron chi connectivity index (χ3n) is 2.63. The molecule has 0 radical (unpaired) electrons. The molecule has 1 rings (SSSR count). The van der Waals surface area contributed by atoms with Crippen LogP contribution in [-0.4, -0.2) is 44.7 Å². The number of rotatable bonds is 11. The fourth-order valence-corrected chi connectivity index (χ4v) is 1.54. The number of hydrogen-bond donors (Lipinski definition) is 0. The lowest BCUT2D eigenvalue weighted by Gasteiger charge is -2.11. The molecule has 0 saturated heterocycles. The molecular formula is C17H18O7. The maximum atomic E-state index is 11.0. The molecule has 0 unspecified atom stereocenters. The first-order valence-electron chi connectivity index (χ1n) is 7.04. The van der Waals surface area contributed by atoms with Gasteiger partial charge in [-0.1, -0.05) is 13.2 Å². The molecule has 1 aromatic carbocycles. The second-order valence-corrected chi connectivity index (χ2v) is 4.26. The molecule has 0 spiro atoms. The monoisotopic (exact) mass is 334 g/mol. The normalized spacial score (nSPS) is 9.50. The molecule has 0 aliphatic heterocycles. The number of aldehydes is 1. The lowest BCUT2D eigenvalue weighted by molar-refractivity contribution is -0.139. The first-order chi connectivity index (χ1) is 11.6. The van der Waals surface area contributed by atoms with E-state index in [-0.39, 0.29) is 26.4 Å². The van der Waals surface area contributed by atoms with Crippen LogP contribution in [0.3, 0.4) is 0 Å². The van der Waals surface area contributed by atoms with Gasteiger partial charge in [0.2, 0.25) is 0 Å². The third kappa shape index (κ3) is 6.78. The summed E-state index contributed by atoms with van der Waals surface area (Å²) in [5.74, 6) is -0.359. The molecule has 0 fully saturated rings. The first-order valence-corrected chi connectivity index (χ1v) is 7.04. The first kappa shape index (κ1) is 19.0. The van der Waals surface area contributed by atoms with Gasteiger partial charge >= 0.3 is 11.9 Å². The molecule has 1 aromatic rings. The summed E-state index contributed by atoms with van der Waals surface area (Å²) in [6, 6.07) is 4.64. The summed E-state index contributed by atoms with van der Waals surface area (Å²) in [4.78, 5) is 32.8. The Morgan fingerprint density at radius 1 is 0.917 bits per heavy atom. The molecule has 0 bridgehead atoms. The Bertz CT molecular complexity index is 607. The smallest absolute Gasteiger partial charge is 0.330 e. The minimum Gasteiger partial charge on any atom is -0.490 e. The number of benzene rings is 1. The highest BCUT2D eigenvalue weighted by atomic mass is 16.6. The van der Waals surface area contributed by atoms with Gasteiger partial charge in [0, 0.05) is 18.2 Å². The van der Waals surface area contributed by atoms with Crippen LogP contribution in [0.5, 0.6) is 11.5 Å². The highest BCUT2D eigenvalue weighted by molar-refractivity contribution is 5.81. The van der Waals surface area contributed by atoms with E-state index in [0.29, 0.717) is 23.3 Å². The third-order valence-corrected chi connectivity index (χ3v) is 2.63. The minimum atomic E-state index is -0.555. The summed E-state index contributed by atoms with van der Waals surface area (Å²) in [6.07, 6.45) is 2.75. The zero-order valence-electron chi connectivity index (χ0n) is 13.1. The van der Waals surface area contributed by atoms with Crippen LogP contribution < -0.4 is 9.47 Å². The highest BCUT2D eigenvalue weighted by Crippen LogP contribution is 2.23. The predicted octanol–water partition coefficient (Wildman–Crippen LogP) is 1.72. The van der Waals surface area contributed by atoms with Crippen molar-refractivity contribution >= 4 is 18.2 Å². The summed E-state index contributed by atoms with van der Waals surface area (Å²) in [6.45, 7) is 6.84. The summed E-state index contributed by atoms with van der Waals surface area (Å²) >= 11 is 0. The van der Waals surface area contributed by atoms with Crippen molar-refractivity contribution in [2.45, 2.75) is 0 Å². The van der Waals surface area contributed by atoms with Gasteiger partial charge in [-0.2, -0.15) is 0 Å². The maximum Gasteiger partial charge on any atom is 0.330 e. The van der Waals surface area contributed by atoms with Gasteiger partial charge in [-0.3, -0.25) is 4.79 Å². The molecule has 0 aliphatic rings. The highest BCUT2D eigenvalue weighted by Gasteiger charge is 2.07. The van der Waals surface area contributed by atoms with Gasteiger partial charge in [0.15, 0.2) is 6.29 Å². The summed E-state index contributed by atoms with van der Waals surface area (Å²) in [5, 5.41) is 0. The Hall–Kier alpha value is -3.09. The van der Waals surface area contributed by atoms with Crippen LogP contribution in [0.2, 0.25) is 0 Å². The summed E-state index contributed by atoms with van der Waals surface area (Å²) < 4.78 is 20.3. The molecule has 0 N–H and O–H groups in total. The van der Waals surface area contributed by atoms with Crippen LogP contribution >= 0.6 is 0 Å². The quantitative estimate of drug-likeness (QED) is 0.263. The Kier molecular flexibility index (Phi) is 8.38. The molecular weight excluding hydrogens is 316 g/mol. The maximum absolute atomic E-state index is 11.0. The van der Waals surface area contributed by atoms with E-state index >= 15 is 0 Å². The second-order valence-electron chi connectivity index (χ2n) is 4.26. The van der Waals surface area contributed by atoms with Gasteiger partial charge in [0.25, 0.3) is 0 Å². The molecule has 0 saturated carbocycles. The van der Waals surface area contributed by atoms with Gasteiger partial charge in [0.05, 0.1) is 5.56 Å². The van der Waals surface area contributed by atoms with Crippen molar-refractivity contribution in [3.63, 3.8) is 0 Å². The van der Waals surface area contributed by atoms with Gasteiger partial charge < -0.3 is 18.9 Å². The van der Waals surface area contributed by atoms with Gasteiger partial charge in [-0.15, -0.1) is 0 Å². The van der Waals surface area contributed by atoms with Crippen LogP contribution in [0, 0.1) is 0 Å². The van der Waals surface area contributed by atoms with E-state index in [1.807, 2.05) is 0 Å². The van der Waals surface area contributed by atoms with Crippen molar-refractivity contribution in [3.05, 3.63) is 49.1 Å². The lowest BCUT2D eigenvalue weighted by atomic mass is 10.2. The Labute approximate surface area is 139 Å². The Balaban J connectivity index is 2.52. The minimum absolute atomic E-state index is 0.0196. The van der Waals surface area contributed by atoms with Gasteiger partial charge in [-0.25, -0.2) is 9.59 Å². The van der Waals surface area contributed by atoms with Crippen LogP contribution in [-0.2, 0) is 19.1 Å². The molecule has 7 nitrogen and oxygen atoms in total. The van der Waals surface area contributed by atoms with Crippen molar-refractivity contribution in [2.75, 3.05) is 26.4 Å². The number of hydrogen-bond acceptors (Lipinski definition) is 7. The van der Waals surface area contributed by atoms with E-state index in [2.05, 4.69) is 13.2 Å². The molecule has 0 atom stereocenters. The zero-order chi connectivity index (χ0) is 17.8. The SMILES string of the molecule is C=CC(=O)OCCOc1ccc(C=O)c(OCCOC(=O)C=C)c1. The van der Waals surface area contributed by atoms with E-state index in [4.69, 9.17) is 18.9 Å². The van der Waals surface area contributed by atoms with Crippen LogP contribution in [0.25, 0.3) is 0 Å². The molecule has 0 heterocycles. The Morgan fingerprint density at radius 2 is 1.50 bits per heavy atom. The average Bonchev–Trinajstić information content (AvgIpc) is 2.61. The molecule has 7 heteroatoms. The predicted molar refractivity (Wildman–Crippen MR) is 85.1 cm³/mol. The average molecular weight is 334 g/mol. The largest absolute Gasteiger partial charge is 0.490 e.